The summed E-state index contributed by atoms with van der Waals surface area (Å²) in [5, 5.41) is 0. The van der Waals surface area contributed by atoms with E-state index in [1.54, 1.807) is 5.71 Å². The van der Waals surface area contributed by atoms with Gasteiger partial charge in [-0.3, -0.25) is 4.99 Å². The third kappa shape index (κ3) is 3.36. The number of hydrogen-bond donors (Lipinski definition) is 0. The summed E-state index contributed by atoms with van der Waals surface area (Å²) in [6.07, 6.45) is 11.1. The molecule has 0 amide bonds. The van der Waals surface area contributed by atoms with Crippen molar-refractivity contribution >= 4 is 5.71 Å². The maximum atomic E-state index is 4.87. The van der Waals surface area contributed by atoms with E-state index in [0.717, 1.165) is 30.2 Å². The molecule has 0 radical (unpaired) electrons. The van der Waals surface area contributed by atoms with E-state index in [0.29, 0.717) is 0 Å². The Balaban J connectivity index is 1.69. The second kappa shape index (κ2) is 6.73. The molecule has 3 atom stereocenters. The van der Waals surface area contributed by atoms with Crippen LogP contribution < -0.4 is 0 Å². The van der Waals surface area contributed by atoms with E-state index in [2.05, 4.69) is 20.8 Å². The summed E-state index contributed by atoms with van der Waals surface area (Å²) in [7, 11) is 0. The minimum atomic E-state index is 0.890. The summed E-state index contributed by atoms with van der Waals surface area (Å²) in [6.45, 7) is 8.17. The van der Waals surface area contributed by atoms with E-state index < -0.39 is 0 Å². The summed E-state index contributed by atoms with van der Waals surface area (Å²) in [5.41, 5.74) is 1.58. The maximum absolute atomic E-state index is 4.87. The minimum Gasteiger partial charge on any atom is -0.294 e. The first-order valence-electron chi connectivity index (χ1n) is 8.25. The van der Waals surface area contributed by atoms with Gasteiger partial charge in [-0.1, -0.05) is 40.0 Å². The van der Waals surface area contributed by atoms with E-state index in [1.807, 2.05) is 0 Å². The first kappa shape index (κ1) is 14.1. The van der Waals surface area contributed by atoms with Crippen LogP contribution in [0.25, 0.3) is 0 Å². The highest BCUT2D eigenvalue weighted by Gasteiger charge is 2.42. The van der Waals surface area contributed by atoms with Crippen LogP contribution in [-0.4, -0.2) is 12.3 Å². The molecule has 2 aliphatic carbocycles. The Kier molecular flexibility index (Phi) is 5.26. The molecule has 2 rings (SSSR count). The predicted molar refractivity (Wildman–Crippen MR) is 80.2 cm³/mol. The van der Waals surface area contributed by atoms with E-state index in [9.17, 15) is 0 Å². The Hall–Kier alpha value is -0.330. The molecule has 0 heterocycles. The highest BCUT2D eigenvalue weighted by atomic mass is 14.8. The zero-order valence-corrected chi connectivity index (χ0v) is 12.6. The van der Waals surface area contributed by atoms with Gasteiger partial charge >= 0.3 is 0 Å². The Morgan fingerprint density at radius 3 is 2.67 bits per heavy atom. The molecule has 0 N–H and O–H groups in total. The van der Waals surface area contributed by atoms with Gasteiger partial charge in [0.25, 0.3) is 0 Å². The van der Waals surface area contributed by atoms with Crippen molar-refractivity contribution in [3.05, 3.63) is 0 Å². The van der Waals surface area contributed by atoms with Gasteiger partial charge < -0.3 is 0 Å². The minimum absolute atomic E-state index is 0.890. The van der Waals surface area contributed by atoms with Crippen molar-refractivity contribution in [3.63, 3.8) is 0 Å². The number of aliphatic imine (C=N–C) groups is 1. The van der Waals surface area contributed by atoms with Gasteiger partial charge in [0.2, 0.25) is 0 Å². The molecule has 3 unspecified atom stereocenters. The second-order valence-corrected chi connectivity index (χ2v) is 6.82. The van der Waals surface area contributed by atoms with E-state index in [-0.39, 0.29) is 0 Å². The molecule has 0 aromatic rings. The van der Waals surface area contributed by atoms with Gasteiger partial charge in [-0.05, 0) is 49.9 Å². The average Bonchev–Trinajstić information content (AvgIpc) is 2.33. The number of fused-ring (bicyclic) bond motifs is 1. The van der Waals surface area contributed by atoms with Crippen molar-refractivity contribution in [1.29, 1.82) is 0 Å². The lowest BCUT2D eigenvalue weighted by molar-refractivity contribution is 0.157. The summed E-state index contributed by atoms with van der Waals surface area (Å²) in [4.78, 5) is 4.87. The fraction of sp³-hybridized carbons (Fsp3) is 0.941. The zero-order chi connectivity index (χ0) is 13.0. The molecule has 18 heavy (non-hydrogen) atoms. The average molecular weight is 249 g/mol. The van der Waals surface area contributed by atoms with Crippen LogP contribution in [0.15, 0.2) is 4.99 Å². The van der Waals surface area contributed by atoms with Gasteiger partial charge in [-0.15, -0.1) is 0 Å². The largest absolute Gasteiger partial charge is 0.294 e. The van der Waals surface area contributed by atoms with E-state index in [4.69, 9.17) is 4.99 Å². The van der Waals surface area contributed by atoms with Crippen LogP contribution in [0.1, 0.15) is 72.1 Å². The molecule has 2 fully saturated rings. The molecule has 1 nitrogen and oxygen atoms in total. The van der Waals surface area contributed by atoms with Crippen molar-refractivity contribution in [2.24, 2.45) is 28.7 Å². The third-order valence-electron chi connectivity index (χ3n) is 5.19. The molecule has 0 saturated heterocycles. The van der Waals surface area contributed by atoms with Crippen LogP contribution in [0.3, 0.4) is 0 Å². The van der Waals surface area contributed by atoms with Crippen molar-refractivity contribution in [3.8, 4) is 0 Å². The van der Waals surface area contributed by atoms with Crippen molar-refractivity contribution in [2.45, 2.75) is 72.1 Å². The van der Waals surface area contributed by atoms with Gasteiger partial charge in [0.15, 0.2) is 0 Å². The summed E-state index contributed by atoms with van der Waals surface area (Å²) in [5.74, 6) is 3.78. The standard InChI is InChI=1S/C17H31N/c1-4-5-6-7-10-18-17-12-15-11-14(13(2)3)8-9-16(15)17/h13-16H,4-12H2,1-3H3. The lowest BCUT2D eigenvalue weighted by Gasteiger charge is -2.46. The molecule has 0 spiro atoms. The highest BCUT2D eigenvalue weighted by molar-refractivity contribution is 5.92. The van der Waals surface area contributed by atoms with Crippen molar-refractivity contribution in [1.82, 2.24) is 0 Å². The fourth-order valence-electron chi connectivity index (χ4n) is 3.77. The molecular weight excluding hydrogens is 218 g/mol. The molecule has 1 heteroatoms. The molecule has 0 aliphatic heterocycles. The van der Waals surface area contributed by atoms with Crippen LogP contribution in [0, 0.1) is 23.7 Å². The molecule has 0 bridgehead atoms. The topological polar surface area (TPSA) is 12.4 Å². The highest BCUT2D eigenvalue weighted by Crippen LogP contribution is 2.47. The van der Waals surface area contributed by atoms with Crippen LogP contribution in [0.5, 0.6) is 0 Å². The lowest BCUT2D eigenvalue weighted by Crippen LogP contribution is -2.42. The molecule has 0 aromatic carbocycles. The van der Waals surface area contributed by atoms with Crippen LogP contribution >= 0.6 is 0 Å². The van der Waals surface area contributed by atoms with Gasteiger partial charge in [-0.2, -0.15) is 0 Å². The molecule has 2 aliphatic rings. The van der Waals surface area contributed by atoms with Crippen LogP contribution in [-0.2, 0) is 0 Å². The number of rotatable bonds is 6. The first-order valence-corrected chi connectivity index (χ1v) is 8.25. The molecule has 104 valence electrons. The van der Waals surface area contributed by atoms with Gasteiger partial charge in [0, 0.05) is 18.2 Å². The normalized spacial score (nSPS) is 33.6. The van der Waals surface area contributed by atoms with Crippen LogP contribution in [0.2, 0.25) is 0 Å². The maximum Gasteiger partial charge on any atom is 0.0388 e. The summed E-state index contributed by atoms with van der Waals surface area (Å²) >= 11 is 0. The fourth-order valence-corrected chi connectivity index (χ4v) is 3.77. The smallest absolute Gasteiger partial charge is 0.0388 e. The van der Waals surface area contributed by atoms with Gasteiger partial charge in [-0.25, -0.2) is 0 Å². The van der Waals surface area contributed by atoms with Crippen LogP contribution in [0.4, 0.5) is 0 Å². The van der Waals surface area contributed by atoms with Gasteiger partial charge in [0.1, 0.15) is 0 Å². The second-order valence-electron chi connectivity index (χ2n) is 6.82. The lowest BCUT2D eigenvalue weighted by atomic mass is 9.60. The van der Waals surface area contributed by atoms with Crippen molar-refractivity contribution in [2.75, 3.05) is 6.54 Å². The van der Waals surface area contributed by atoms with E-state index >= 15 is 0 Å². The molecule has 0 aromatic heterocycles. The quantitative estimate of drug-likeness (QED) is 0.581. The number of unbranched alkanes of at least 4 members (excludes halogenated alkanes) is 3. The number of hydrogen-bond acceptors (Lipinski definition) is 1. The Bertz CT molecular complexity index is 279. The Morgan fingerprint density at radius 1 is 1.17 bits per heavy atom. The molecular formula is C17H31N. The molecule has 2 saturated carbocycles. The van der Waals surface area contributed by atoms with E-state index in [1.165, 1.54) is 51.4 Å². The Labute approximate surface area is 113 Å². The van der Waals surface area contributed by atoms with Crippen molar-refractivity contribution < 1.29 is 0 Å². The monoisotopic (exact) mass is 249 g/mol. The predicted octanol–water partition coefficient (Wildman–Crippen LogP) is 5.10. The zero-order valence-electron chi connectivity index (χ0n) is 12.6. The third-order valence-corrected chi connectivity index (χ3v) is 5.19. The first-order chi connectivity index (χ1) is 8.72. The SMILES string of the molecule is CCCCCCN=C1CC2CC(C(C)C)CCC12. The number of nitrogens with zero attached hydrogens (tertiary/aromatic N) is 1. The summed E-state index contributed by atoms with van der Waals surface area (Å²) in [6, 6.07) is 0. The summed E-state index contributed by atoms with van der Waals surface area (Å²) < 4.78 is 0. The van der Waals surface area contributed by atoms with Gasteiger partial charge in [0.05, 0.1) is 0 Å². The Morgan fingerprint density at radius 2 is 2.00 bits per heavy atom.